The molecule has 1 aromatic carbocycles. The van der Waals surface area contributed by atoms with Gasteiger partial charge in [0.2, 0.25) is 5.91 Å². The lowest BCUT2D eigenvalue weighted by Crippen LogP contribution is -2.42. The van der Waals surface area contributed by atoms with Gasteiger partial charge in [-0.15, -0.1) is 0 Å². The average Bonchev–Trinajstić information content (AvgIpc) is 3.27. The van der Waals surface area contributed by atoms with E-state index in [0.717, 1.165) is 32.4 Å². The molecule has 3 heterocycles. The van der Waals surface area contributed by atoms with E-state index < -0.39 is 5.91 Å². The molecular formula is C27H31N7O2. The molecule has 6 rings (SSSR count). The summed E-state index contributed by atoms with van der Waals surface area (Å²) in [6.07, 6.45) is 10.2. The largest absolute Gasteiger partial charge is 0.383 e. The molecule has 0 unspecified atom stereocenters. The first-order valence-electron chi connectivity index (χ1n) is 12.6. The smallest absolute Gasteiger partial charge is 0.254 e. The number of nitrogens with zero attached hydrogens (tertiary/aromatic N) is 5. The van der Waals surface area contributed by atoms with Crippen LogP contribution in [0.4, 0.5) is 5.82 Å². The third-order valence-corrected chi connectivity index (χ3v) is 8.05. The topological polar surface area (TPSA) is 125 Å². The molecule has 0 bridgehead atoms. The zero-order valence-electron chi connectivity index (χ0n) is 20.3. The summed E-state index contributed by atoms with van der Waals surface area (Å²) in [6.45, 7) is 5.69. The fourth-order valence-electron chi connectivity index (χ4n) is 5.99. The first kappa shape index (κ1) is 22.6. The minimum atomic E-state index is -0.601. The molecule has 2 saturated carbocycles. The Morgan fingerprint density at radius 2 is 2.06 bits per heavy atom. The van der Waals surface area contributed by atoms with Gasteiger partial charge in [-0.25, -0.2) is 4.68 Å². The van der Waals surface area contributed by atoms with Gasteiger partial charge in [0.1, 0.15) is 17.1 Å². The van der Waals surface area contributed by atoms with Gasteiger partial charge >= 0.3 is 0 Å². The van der Waals surface area contributed by atoms with E-state index in [1.807, 2.05) is 15.8 Å². The van der Waals surface area contributed by atoms with Crippen LogP contribution in [0.25, 0.3) is 11.3 Å². The van der Waals surface area contributed by atoms with Crippen molar-refractivity contribution in [2.45, 2.75) is 50.6 Å². The van der Waals surface area contributed by atoms with Crippen LogP contribution in [-0.2, 0) is 11.3 Å². The molecule has 36 heavy (non-hydrogen) atoms. The van der Waals surface area contributed by atoms with Crippen LogP contribution < -0.4 is 11.5 Å². The summed E-state index contributed by atoms with van der Waals surface area (Å²) < 4.78 is 3.60. The van der Waals surface area contributed by atoms with E-state index in [1.165, 1.54) is 30.0 Å². The Labute approximate surface area is 209 Å². The van der Waals surface area contributed by atoms with Crippen molar-refractivity contribution in [3.05, 3.63) is 66.0 Å². The van der Waals surface area contributed by atoms with Crippen LogP contribution >= 0.6 is 0 Å². The fourth-order valence-corrected chi connectivity index (χ4v) is 5.99. The third kappa shape index (κ3) is 3.88. The van der Waals surface area contributed by atoms with Crippen LogP contribution in [0.3, 0.4) is 0 Å². The average molecular weight is 486 g/mol. The maximum Gasteiger partial charge on any atom is 0.254 e. The molecule has 0 atom stereocenters. The van der Waals surface area contributed by atoms with Gasteiger partial charge < -0.3 is 16.4 Å². The summed E-state index contributed by atoms with van der Waals surface area (Å²) >= 11 is 0. The number of primary amides is 1. The maximum atomic E-state index is 12.4. The minimum Gasteiger partial charge on any atom is -0.383 e. The first-order chi connectivity index (χ1) is 17.4. The number of likely N-dealkylation sites (tertiary alicyclic amines) is 1. The van der Waals surface area contributed by atoms with E-state index in [0.29, 0.717) is 29.5 Å². The van der Waals surface area contributed by atoms with Crippen molar-refractivity contribution >= 4 is 17.6 Å². The van der Waals surface area contributed by atoms with Gasteiger partial charge in [-0.3, -0.25) is 14.3 Å². The second-order valence-electron chi connectivity index (χ2n) is 10.6. The highest BCUT2D eigenvalue weighted by molar-refractivity contribution is 6.03. The number of anilines is 1. The Kier molecular flexibility index (Phi) is 5.24. The summed E-state index contributed by atoms with van der Waals surface area (Å²) in [5, 5.41) is 9.27. The number of carbonyl (C=O) groups is 2. The highest BCUT2D eigenvalue weighted by Gasteiger charge is 2.50. The van der Waals surface area contributed by atoms with Crippen LogP contribution in [0.2, 0.25) is 0 Å². The van der Waals surface area contributed by atoms with E-state index in [-0.39, 0.29) is 22.9 Å². The molecule has 1 saturated heterocycles. The molecule has 1 spiro atoms. The van der Waals surface area contributed by atoms with E-state index in [2.05, 4.69) is 35.9 Å². The molecule has 4 N–H and O–H groups in total. The predicted molar refractivity (Wildman–Crippen MR) is 136 cm³/mol. The van der Waals surface area contributed by atoms with Crippen molar-refractivity contribution in [2.24, 2.45) is 11.1 Å². The molecule has 3 aromatic rings. The molecule has 9 nitrogen and oxygen atoms in total. The Morgan fingerprint density at radius 1 is 1.25 bits per heavy atom. The van der Waals surface area contributed by atoms with Gasteiger partial charge in [0.15, 0.2) is 0 Å². The molecule has 2 amide bonds. The normalized spacial score (nSPS) is 23.1. The summed E-state index contributed by atoms with van der Waals surface area (Å²) in [4.78, 5) is 26.2. The Balaban J connectivity index is 1.22. The molecule has 0 radical (unpaired) electrons. The molecule has 186 valence electrons. The Bertz CT molecular complexity index is 1360. The number of aromatic nitrogens is 4. The lowest BCUT2D eigenvalue weighted by Gasteiger charge is -2.45. The third-order valence-electron chi connectivity index (χ3n) is 8.05. The molecule has 9 heteroatoms. The lowest BCUT2D eigenvalue weighted by atomic mass is 9.65. The van der Waals surface area contributed by atoms with Crippen molar-refractivity contribution in [3.63, 3.8) is 0 Å². The number of benzene rings is 1. The number of carbonyl (C=O) groups excluding carboxylic acids is 2. The van der Waals surface area contributed by atoms with E-state index in [1.54, 1.807) is 10.9 Å². The highest BCUT2D eigenvalue weighted by Crippen LogP contribution is 2.54. The van der Waals surface area contributed by atoms with Crippen molar-refractivity contribution in [3.8, 4) is 11.3 Å². The van der Waals surface area contributed by atoms with Gasteiger partial charge in [-0.2, -0.15) is 10.2 Å². The number of rotatable bonds is 7. The Morgan fingerprint density at radius 3 is 2.78 bits per heavy atom. The van der Waals surface area contributed by atoms with Gasteiger partial charge in [-0.1, -0.05) is 30.8 Å². The number of hydrogen-bond acceptors (Lipinski definition) is 5. The second-order valence-corrected chi connectivity index (χ2v) is 10.6. The highest BCUT2D eigenvalue weighted by atomic mass is 16.2. The summed E-state index contributed by atoms with van der Waals surface area (Å²) in [7, 11) is 0. The SMILES string of the molecule is C=CC(=O)N1CCC2(CC(n3nc(-c4cnn(Cc5cccc(C6CC6)c5)c4)c(C(N)=O)c3N)C2)C1. The number of nitrogen functional groups attached to an aromatic ring is 1. The van der Waals surface area contributed by atoms with Crippen LogP contribution in [0.5, 0.6) is 0 Å². The van der Waals surface area contributed by atoms with E-state index in [9.17, 15) is 9.59 Å². The van der Waals surface area contributed by atoms with Crippen LogP contribution in [0.15, 0.2) is 49.3 Å². The predicted octanol–water partition coefficient (Wildman–Crippen LogP) is 3.09. The van der Waals surface area contributed by atoms with Crippen molar-refractivity contribution in [2.75, 3.05) is 18.8 Å². The number of amides is 2. The van der Waals surface area contributed by atoms with Gasteiger partial charge in [-0.05, 0) is 60.6 Å². The number of hydrogen-bond donors (Lipinski definition) is 2. The minimum absolute atomic E-state index is 0.0245. The monoisotopic (exact) mass is 485 g/mol. The van der Waals surface area contributed by atoms with E-state index >= 15 is 0 Å². The summed E-state index contributed by atoms with van der Waals surface area (Å²) in [6, 6.07) is 8.71. The quantitative estimate of drug-likeness (QED) is 0.498. The van der Waals surface area contributed by atoms with Gasteiger partial charge in [0, 0.05) is 24.8 Å². The second kappa shape index (κ2) is 8.36. The molecule has 2 aliphatic carbocycles. The molecule has 3 aliphatic rings. The molecule has 3 fully saturated rings. The molecule has 1 aliphatic heterocycles. The van der Waals surface area contributed by atoms with Crippen LogP contribution in [0, 0.1) is 5.41 Å². The summed E-state index contributed by atoms with van der Waals surface area (Å²) in [5.74, 6) is 0.364. The van der Waals surface area contributed by atoms with E-state index in [4.69, 9.17) is 16.6 Å². The zero-order chi connectivity index (χ0) is 25.0. The maximum absolute atomic E-state index is 12.4. The van der Waals surface area contributed by atoms with Crippen molar-refractivity contribution in [1.29, 1.82) is 0 Å². The Hall–Kier alpha value is -3.88. The van der Waals surface area contributed by atoms with Gasteiger partial charge in [0.05, 0.1) is 18.8 Å². The summed E-state index contributed by atoms with van der Waals surface area (Å²) in [5.41, 5.74) is 16.2. The molecule has 2 aromatic heterocycles. The lowest BCUT2D eigenvalue weighted by molar-refractivity contribution is -0.125. The zero-order valence-corrected chi connectivity index (χ0v) is 20.3. The van der Waals surface area contributed by atoms with Gasteiger partial charge in [0.25, 0.3) is 5.91 Å². The van der Waals surface area contributed by atoms with Crippen molar-refractivity contribution < 1.29 is 9.59 Å². The number of nitrogens with two attached hydrogens (primary N) is 2. The fraction of sp³-hybridized carbons (Fsp3) is 0.407. The molecular weight excluding hydrogens is 454 g/mol. The first-order valence-corrected chi connectivity index (χ1v) is 12.6. The van der Waals surface area contributed by atoms with Crippen LogP contribution in [-0.4, -0.2) is 49.4 Å². The standard InChI is InChI=1S/C27H31N7O2/c1-2-22(35)32-9-8-27(16-32)11-21(12-27)34-25(28)23(26(29)36)24(31-34)20-13-30-33(15-20)14-17-4-3-5-19(10-17)18-6-7-18/h2-5,10,13,15,18,21H,1,6-9,11-12,14,16,28H2,(H2,29,36). The van der Waals surface area contributed by atoms with Crippen molar-refractivity contribution in [1.82, 2.24) is 24.5 Å². The van der Waals surface area contributed by atoms with Crippen LogP contribution in [0.1, 0.15) is 65.5 Å².